The van der Waals surface area contributed by atoms with E-state index in [1.165, 1.54) is 6.42 Å². The van der Waals surface area contributed by atoms with E-state index in [1.807, 2.05) is 0 Å². The molecule has 0 aromatic rings. The highest BCUT2D eigenvalue weighted by atomic mass is 16.5. The van der Waals surface area contributed by atoms with Gasteiger partial charge in [-0.1, -0.05) is 27.2 Å². The van der Waals surface area contributed by atoms with Crippen LogP contribution in [0.4, 0.5) is 0 Å². The molecule has 1 unspecified atom stereocenters. The van der Waals surface area contributed by atoms with Gasteiger partial charge in [-0.3, -0.25) is 0 Å². The van der Waals surface area contributed by atoms with E-state index < -0.39 is 0 Å². The van der Waals surface area contributed by atoms with Crippen LogP contribution in [0.25, 0.3) is 0 Å². The maximum Gasteiger partial charge on any atom is 0.0699 e. The zero-order valence-corrected chi connectivity index (χ0v) is 11.7. The molecule has 1 fully saturated rings. The predicted octanol–water partition coefficient (Wildman–Crippen LogP) is 2.60. The second kappa shape index (κ2) is 8.90. The Morgan fingerprint density at radius 1 is 1.29 bits per heavy atom. The molecule has 0 aromatic heterocycles. The zero-order chi connectivity index (χ0) is 12.5. The number of hydrogen-bond donors (Lipinski definition) is 1. The molecule has 0 radical (unpaired) electrons. The number of ether oxygens (including phenoxy) is 2. The van der Waals surface area contributed by atoms with E-state index in [1.54, 1.807) is 0 Å². The number of hydrogen-bond acceptors (Lipinski definition) is 3. The molecule has 3 heteroatoms. The van der Waals surface area contributed by atoms with Gasteiger partial charge in [0, 0.05) is 32.4 Å². The lowest BCUT2D eigenvalue weighted by Crippen LogP contribution is -2.35. The largest absolute Gasteiger partial charge is 0.381 e. The van der Waals surface area contributed by atoms with Gasteiger partial charge in [-0.15, -0.1) is 0 Å². The molecule has 0 spiro atoms. The van der Waals surface area contributed by atoms with Crippen molar-refractivity contribution in [2.75, 3.05) is 26.4 Å². The standard InChI is InChI=1S/C14H29NO2/c1-4-5-14(10-15-12(2)3)17-11-13-6-8-16-9-7-13/h12-15H,4-11H2,1-3H3. The number of nitrogens with one attached hydrogen (secondary N) is 1. The van der Waals surface area contributed by atoms with Crippen LogP contribution in [0.3, 0.4) is 0 Å². The summed E-state index contributed by atoms with van der Waals surface area (Å²) in [4.78, 5) is 0. The van der Waals surface area contributed by atoms with Crippen LogP contribution >= 0.6 is 0 Å². The summed E-state index contributed by atoms with van der Waals surface area (Å²) in [5.41, 5.74) is 0. The van der Waals surface area contributed by atoms with Gasteiger partial charge < -0.3 is 14.8 Å². The summed E-state index contributed by atoms with van der Waals surface area (Å²) in [5, 5.41) is 3.47. The molecule has 1 aliphatic heterocycles. The molecule has 0 amide bonds. The zero-order valence-electron chi connectivity index (χ0n) is 11.7. The first-order valence-corrected chi connectivity index (χ1v) is 7.15. The quantitative estimate of drug-likeness (QED) is 0.711. The van der Waals surface area contributed by atoms with Gasteiger partial charge in [-0.2, -0.15) is 0 Å². The molecular formula is C14H29NO2. The fraction of sp³-hybridized carbons (Fsp3) is 1.00. The fourth-order valence-corrected chi connectivity index (χ4v) is 2.12. The van der Waals surface area contributed by atoms with Gasteiger partial charge in [0.1, 0.15) is 0 Å². The SMILES string of the molecule is CCCC(CNC(C)C)OCC1CCOCC1. The Morgan fingerprint density at radius 2 is 2.00 bits per heavy atom. The topological polar surface area (TPSA) is 30.5 Å². The van der Waals surface area contributed by atoms with Gasteiger partial charge in [-0.05, 0) is 25.2 Å². The Bertz CT molecular complexity index is 179. The highest BCUT2D eigenvalue weighted by Crippen LogP contribution is 2.16. The molecule has 17 heavy (non-hydrogen) atoms. The van der Waals surface area contributed by atoms with Crippen molar-refractivity contribution in [2.24, 2.45) is 5.92 Å². The minimum absolute atomic E-state index is 0.380. The van der Waals surface area contributed by atoms with Crippen molar-refractivity contribution >= 4 is 0 Å². The van der Waals surface area contributed by atoms with Crippen molar-refractivity contribution in [1.29, 1.82) is 0 Å². The van der Waals surface area contributed by atoms with Crippen molar-refractivity contribution in [3.05, 3.63) is 0 Å². The molecule has 1 aliphatic rings. The van der Waals surface area contributed by atoms with Gasteiger partial charge in [0.15, 0.2) is 0 Å². The van der Waals surface area contributed by atoms with Crippen LogP contribution in [0.2, 0.25) is 0 Å². The highest BCUT2D eigenvalue weighted by molar-refractivity contribution is 4.67. The smallest absolute Gasteiger partial charge is 0.0699 e. The molecule has 3 nitrogen and oxygen atoms in total. The lowest BCUT2D eigenvalue weighted by Gasteiger charge is -2.25. The third-order valence-electron chi connectivity index (χ3n) is 3.27. The third-order valence-corrected chi connectivity index (χ3v) is 3.27. The molecule has 102 valence electrons. The lowest BCUT2D eigenvalue weighted by atomic mass is 10.0. The maximum absolute atomic E-state index is 6.05. The summed E-state index contributed by atoms with van der Waals surface area (Å²) < 4.78 is 11.4. The average Bonchev–Trinajstić information content (AvgIpc) is 2.34. The highest BCUT2D eigenvalue weighted by Gasteiger charge is 2.16. The predicted molar refractivity (Wildman–Crippen MR) is 71.3 cm³/mol. The summed E-state index contributed by atoms with van der Waals surface area (Å²) in [7, 11) is 0. The molecule has 1 atom stereocenters. The second-order valence-electron chi connectivity index (χ2n) is 5.36. The minimum atomic E-state index is 0.380. The van der Waals surface area contributed by atoms with Crippen molar-refractivity contribution in [3.63, 3.8) is 0 Å². The molecule has 1 saturated heterocycles. The number of rotatable bonds is 8. The van der Waals surface area contributed by atoms with E-state index in [0.717, 1.165) is 45.6 Å². The minimum Gasteiger partial charge on any atom is -0.381 e. The second-order valence-corrected chi connectivity index (χ2v) is 5.36. The van der Waals surface area contributed by atoms with Crippen LogP contribution in [-0.2, 0) is 9.47 Å². The van der Waals surface area contributed by atoms with Gasteiger partial charge >= 0.3 is 0 Å². The molecule has 1 heterocycles. The summed E-state index contributed by atoms with van der Waals surface area (Å²) in [6.45, 7) is 10.3. The first-order chi connectivity index (χ1) is 8.22. The Kier molecular flexibility index (Phi) is 7.82. The van der Waals surface area contributed by atoms with Gasteiger partial charge in [0.05, 0.1) is 6.10 Å². The van der Waals surface area contributed by atoms with E-state index in [4.69, 9.17) is 9.47 Å². The van der Waals surface area contributed by atoms with E-state index >= 15 is 0 Å². The van der Waals surface area contributed by atoms with E-state index in [2.05, 4.69) is 26.1 Å². The molecule has 0 aliphatic carbocycles. The van der Waals surface area contributed by atoms with E-state index in [9.17, 15) is 0 Å². The Hall–Kier alpha value is -0.120. The maximum atomic E-state index is 6.05. The van der Waals surface area contributed by atoms with Crippen molar-refractivity contribution in [3.8, 4) is 0 Å². The Balaban J connectivity index is 2.17. The van der Waals surface area contributed by atoms with Gasteiger partial charge in [0.2, 0.25) is 0 Å². The Morgan fingerprint density at radius 3 is 2.59 bits per heavy atom. The molecule has 0 bridgehead atoms. The summed E-state index contributed by atoms with van der Waals surface area (Å²) in [6.07, 6.45) is 5.05. The van der Waals surface area contributed by atoms with E-state index in [-0.39, 0.29) is 0 Å². The fourth-order valence-electron chi connectivity index (χ4n) is 2.12. The first kappa shape index (κ1) is 14.9. The van der Waals surface area contributed by atoms with Crippen molar-refractivity contribution in [1.82, 2.24) is 5.32 Å². The van der Waals surface area contributed by atoms with Gasteiger partial charge in [-0.25, -0.2) is 0 Å². The molecule has 1 rings (SSSR count). The van der Waals surface area contributed by atoms with Crippen molar-refractivity contribution < 1.29 is 9.47 Å². The summed E-state index contributed by atoms with van der Waals surface area (Å²) in [6, 6.07) is 0.543. The molecule has 1 N–H and O–H groups in total. The Labute approximate surface area is 106 Å². The van der Waals surface area contributed by atoms with Crippen LogP contribution < -0.4 is 5.32 Å². The van der Waals surface area contributed by atoms with Crippen LogP contribution in [0.1, 0.15) is 46.5 Å². The van der Waals surface area contributed by atoms with Crippen LogP contribution in [-0.4, -0.2) is 38.5 Å². The van der Waals surface area contributed by atoms with Gasteiger partial charge in [0.25, 0.3) is 0 Å². The monoisotopic (exact) mass is 243 g/mol. The molecule has 0 saturated carbocycles. The van der Waals surface area contributed by atoms with Crippen molar-refractivity contribution in [2.45, 2.75) is 58.6 Å². The average molecular weight is 243 g/mol. The molecular weight excluding hydrogens is 214 g/mol. The normalized spacial score (nSPS) is 19.8. The summed E-state index contributed by atoms with van der Waals surface area (Å²) in [5.74, 6) is 0.710. The van der Waals surface area contributed by atoms with Crippen LogP contribution in [0.5, 0.6) is 0 Å². The summed E-state index contributed by atoms with van der Waals surface area (Å²) >= 11 is 0. The van der Waals surface area contributed by atoms with E-state index in [0.29, 0.717) is 18.1 Å². The van der Waals surface area contributed by atoms with Crippen LogP contribution in [0, 0.1) is 5.92 Å². The third kappa shape index (κ3) is 7.02. The molecule has 0 aromatic carbocycles. The first-order valence-electron chi connectivity index (χ1n) is 7.15. The van der Waals surface area contributed by atoms with Crippen LogP contribution in [0.15, 0.2) is 0 Å². The lowest BCUT2D eigenvalue weighted by molar-refractivity contribution is -0.0136.